The summed E-state index contributed by atoms with van der Waals surface area (Å²) < 4.78 is 46.5. The minimum atomic E-state index is -4.71. The van der Waals surface area contributed by atoms with Gasteiger partial charge in [0.05, 0.1) is 6.04 Å². The van der Waals surface area contributed by atoms with Crippen molar-refractivity contribution in [3.05, 3.63) is 39.9 Å². The fraction of sp³-hybridized carbons (Fsp3) is 0.526. The van der Waals surface area contributed by atoms with E-state index in [1.807, 2.05) is 0 Å². The zero-order chi connectivity index (χ0) is 22.3. The third-order valence-electron chi connectivity index (χ3n) is 4.57. The number of alkyl halides is 3. The van der Waals surface area contributed by atoms with Crippen molar-refractivity contribution >= 4 is 6.02 Å². The van der Waals surface area contributed by atoms with Gasteiger partial charge in [-0.25, -0.2) is 0 Å². The molecule has 1 aliphatic heterocycles. The van der Waals surface area contributed by atoms with Gasteiger partial charge in [0.25, 0.3) is 12.7 Å². The second kappa shape index (κ2) is 10.2. The van der Waals surface area contributed by atoms with Crippen LogP contribution in [0.5, 0.6) is 5.75 Å². The molecule has 2 aliphatic rings. The van der Waals surface area contributed by atoms with Gasteiger partial charge in [0, 0.05) is 25.1 Å². The number of aliphatic imine (C=N–C) groups is 1. The molecule has 8 nitrogen and oxygen atoms in total. The molecule has 1 aliphatic carbocycles. The zero-order valence-corrected chi connectivity index (χ0v) is 16.3. The van der Waals surface area contributed by atoms with E-state index in [0.29, 0.717) is 19.0 Å². The Hall–Kier alpha value is -3.00. The number of nitrogens with zero attached hydrogens (tertiary/aromatic N) is 3. The lowest BCUT2D eigenvalue weighted by Gasteiger charge is -2.39. The largest absolute Gasteiger partial charge is 0.573 e. The normalized spacial score (nSPS) is 22.6. The molecule has 1 saturated carbocycles. The Morgan fingerprint density at radius 3 is 2.50 bits per heavy atom. The Bertz CT molecular complexity index is 763. The Balaban J connectivity index is 0.00000155. The number of nitro groups is 1. The van der Waals surface area contributed by atoms with Gasteiger partial charge < -0.3 is 19.7 Å². The monoisotopic (exact) mass is 428 g/mol. The van der Waals surface area contributed by atoms with Gasteiger partial charge in [-0.3, -0.25) is 10.1 Å². The van der Waals surface area contributed by atoms with E-state index in [4.69, 9.17) is 4.74 Å². The molecular formula is C19H23F3N4O4. The molecule has 0 aromatic heterocycles. The smallest absolute Gasteiger partial charge is 0.460 e. The van der Waals surface area contributed by atoms with Gasteiger partial charge in [0.1, 0.15) is 11.9 Å². The quantitative estimate of drug-likeness (QED) is 0.408. The number of rotatable bonds is 7. The number of benzene rings is 1. The molecule has 0 spiro atoms. The van der Waals surface area contributed by atoms with Crippen molar-refractivity contribution in [3.63, 3.8) is 0 Å². The van der Waals surface area contributed by atoms with Crippen LogP contribution in [0.4, 0.5) is 13.2 Å². The van der Waals surface area contributed by atoms with Crippen LogP contribution in [0.15, 0.2) is 29.3 Å². The van der Waals surface area contributed by atoms with Crippen molar-refractivity contribution in [2.45, 2.75) is 37.9 Å². The molecule has 3 rings (SSSR count). The van der Waals surface area contributed by atoms with Crippen LogP contribution in [0.25, 0.3) is 0 Å². The minimum Gasteiger partial charge on any atom is -0.460 e. The van der Waals surface area contributed by atoms with Crippen LogP contribution in [-0.4, -0.2) is 54.6 Å². The molecule has 2 fully saturated rings. The van der Waals surface area contributed by atoms with Gasteiger partial charge in [-0.2, -0.15) is 4.99 Å². The highest BCUT2D eigenvalue weighted by Gasteiger charge is 2.43. The summed E-state index contributed by atoms with van der Waals surface area (Å²) in [5.74, 6) is 0.106. The summed E-state index contributed by atoms with van der Waals surface area (Å²) in [5, 5.41) is 13.9. The standard InChI is InChI=1S/C17H21F3N4O4.C2H2/c1-23-9-14(15(12-4-5-12)27-16(23)22-10-24(25)26)21-8-11-2-6-13(7-3-11)28-17(18,19)20;1-2/h2-3,6-7,12,14-15,21H,4-5,8-10H2,1H3;1-2H/b22-16+;. The van der Waals surface area contributed by atoms with Crippen molar-refractivity contribution in [1.82, 2.24) is 10.2 Å². The third-order valence-corrected chi connectivity index (χ3v) is 4.57. The highest BCUT2D eigenvalue weighted by atomic mass is 19.4. The Morgan fingerprint density at radius 2 is 1.97 bits per heavy atom. The van der Waals surface area contributed by atoms with E-state index in [1.54, 1.807) is 24.1 Å². The maximum Gasteiger partial charge on any atom is 0.573 e. The molecular weight excluding hydrogens is 405 g/mol. The van der Waals surface area contributed by atoms with Crippen molar-refractivity contribution in [3.8, 4) is 18.6 Å². The predicted molar refractivity (Wildman–Crippen MR) is 103 cm³/mol. The first-order chi connectivity index (χ1) is 14.2. The number of likely N-dealkylation sites (N-methyl/N-ethyl adjacent to an activating group) is 1. The molecule has 0 bridgehead atoms. The van der Waals surface area contributed by atoms with Gasteiger partial charge in [0.2, 0.25) is 0 Å². The van der Waals surface area contributed by atoms with Gasteiger partial charge in [-0.1, -0.05) is 12.1 Å². The molecule has 1 heterocycles. The predicted octanol–water partition coefficient (Wildman–Crippen LogP) is 2.62. The number of halogens is 3. The van der Waals surface area contributed by atoms with Crippen LogP contribution >= 0.6 is 0 Å². The van der Waals surface area contributed by atoms with Gasteiger partial charge in [-0.05, 0) is 36.5 Å². The van der Waals surface area contributed by atoms with E-state index in [2.05, 4.69) is 27.9 Å². The molecule has 1 aromatic carbocycles. The summed E-state index contributed by atoms with van der Waals surface area (Å²) in [4.78, 5) is 15.6. The first-order valence-electron chi connectivity index (χ1n) is 9.17. The number of terminal acetylenes is 1. The lowest BCUT2D eigenvalue weighted by Crippen LogP contribution is -2.56. The van der Waals surface area contributed by atoms with Crippen LogP contribution in [0.3, 0.4) is 0 Å². The highest BCUT2D eigenvalue weighted by molar-refractivity contribution is 5.74. The fourth-order valence-corrected chi connectivity index (χ4v) is 3.14. The maximum absolute atomic E-state index is 12.2. The van der Waals surface area contributed by atoms with Crippen LogP contribution in [0.1, 0.15) is 18.4 Å². The van der Waals surface area contributed by atoms with Crippen molar-refractivity contribution in [2.75, 3.05) is 20.3 Å². The second-order valence-corrected chi connectivity index (χ2v) is 6.89. The molecule has 11 heteroatoms. The number of nitrogens with one attached hydrogen (secondary N) is 1. The van der Waals surface area contributed by atoms with Gasteiger partial charge >= 0.3 is 6.36 Å². The van der Waals surface area contributed by atoms with E-state index >= 15 is 0 Å². The van der Waals surface area contributed by atoms with Crippen molar-refractivity contribution in [2.24, 2.45) is 10.9 Å². The molecule has 164 valence electrons. The number of amidine groups is 1. The summed E-state index contributed by atoms with van der Waals surface area (Å²) >= 11 is 0. The third kappa shape index (κ3) is 7.11. The van der Waals surface area contributed by atoms with Crippen LogP contribution in [0.2, 0.25) is 0 Å². The maximum atomic E-state index is 12.2. The first kappa shape index (κ1) is 23.3. The molecule has 0 amide bonds. The Kier molecular flexibility index (Phi) is 7.88. The van der Waals surface area contributed by atoms with E-state index in [1.165, 1.54) is 12.1 Å². The topological polar surface area (TPSA) is 89.2 Å². The van der Waals surface area contributed by atoms with E-state index in [-0.39, 0.29) is 23.9 Å². The lowest BCUT2D eigenvalue weighted by molar-refractivity contribution is -0.478. The van der Waals surface area contributed by atoms with Crippen LogP contribution in [-0.2, 0) is 11.3 Å². The SMILES string of the molecule is C#C.CN1CC(NCc2ccc(OC(F)(F)F)cc2)C(C2CC2)O/C1=N/C[N+](=O)[O-]. The van der Waals surface area contributed by atoms with Crippen molar-refractivity contribution < 1.29 is 27.6 Å². The fourth-order valence-electron chi connectivity index (χ4n) is 3.14. The molecule has 2 atom stereocenters. The Labute approximate surface area is 172 Å². The lowest BCUT2D eigenvalue weighted by atomic mass is 10.0. The average molecular weight is 428 g/mol. The van der Waals surface area contributed by atoms with E-state index in [9.17, 15) is 23.3 Å². The van der Waals surface area contributed by atoms with E-state index < -0.39 is 18.0 Å². The number of hydrogen-bond donors (Lipinski definition) is 1. The van der Waals surface area contributed by atoms with Crippen LogP contribution < -0.4 is 10.1 Å². The molecule has 2 unspecified atom stereocenters. The Morgan fingerprint density at radius 1 is 1.33 bits per heavy atom. The average Bonchev–Trinajstić information content (AvgIpc) is 3.52. The summed E-state index contributed by atoms with van der Waals surface area (Å²) in [7, 11) is 1.75. The first-order valence-corrected chi connectivity index (χ1v) is 9.17. The zero-order valence-electron chi connectivity index (χ0n) is 16.3. The van der Waals surface area contributed by atoms with Crippen LogP contribution in [0, 0.1) is 28.9 Å². The summed E-state index contributed by atoms with van der Waals surface area (Å²) in [6, 6.07) is 5.91. The van der Waals surface area contributed by atoms with Gasteiger partial charge in [0.15, 0.2) is 0 Å². The number of hydrogen-bond acceptors (Lipinski definition) is 6. The molecule has 1 aromatic rings. The van der Waals surface area contributed by atoms with E-state index in [0.717, 1.165) is 18.4 Å². The number of ether oxygens (including phenoxy) is 2. The molecule has 1 N–H and O–H groups in total. The summed E-state index contributed by atoms with van der Waals surface area (Å²) in [6.07, 6.45) is 5.20. The van der Waals surface area contributed by atoms with Crippen molar-refractivity contribution in [1.29, 1.82) is 0 Å². The highest BCUT2D eigenvalue weighted by Crippen LogP contribution is 2.37. The molecule has 30 heavy (non-hydrogen) atoms. The van der Waals surface area contributed by atoms with Gasteiger partial charge in [-0.15, -0.1) is 26.0 Å². The summed E-state index contributed by atoms with van der Waals surface area (Å²) in [5.41, 5.74) is 0.805. The molecule has 1 saturated heterocycles. The summed E-state index contributed by atoms with van der Waals surface area (Å²) in [6.45, 7) is 0.466. The molecule has 0 radical (unpaired) electrons. The minimum absolute atomic E-state index is 0.0295. The second-order valence-electron chi connectivity index (χ2n) is 6.89.